The van der Waals surface area contributed by atoms with E-state index < -0.39 is 0 Å². The average Bonchev–Trinajstić information content (AvgIpc) is 3.26. The first-order chi connectivity index (χ1) is 12.5. The lowest BCUT2D eigenvalue weighted by Gasteiger charge is -2.35. The minimum atomic E-state index is -0.0442. The standard InChI is InChI=1S/C16H21N7O2S/c1-19(2)16(25)22-7-5-21(6-8-22)10-12-17-18-15-20(3)14(24)13-11(23(12)15)4-9-26-13/h4,9H,5-8,10H2,1-3H3. The van der Waals surface area contributed by atoms with Crippen molar-refractivity contribution >= 4 is 33.4 Å². The number of urea groups is 1. The summed E-state index contributed by atoms with van der Waals surface area (Å²) in [6.45, 7) is 3.59. The number of nitrogens with zero attached hydrogens (tertiary/aromatic N) is 7. The van der Waals surface area contributed by atoms with E-state index in [9.17, 15) is 9.59 Å². The molecule has 0 radical (unpaired) electrons. The Bertz CT molecular complexity index is 1030. The summed E-state index contributed by atoms with van der Waals surface area (Å²) in [5.74, 6) is 1.36. The smallest absolute Gasteiger partial charge is 0.319 e. The summed E-state index contributed by atoms with van der Waals surface area (Å²) in [7, 11) is 5.27. The molecule has 4 heterocycles. The third-order valence-electron chi connectivity index (χ3n) is 4.79. The molecule has 1 saturated heterocycles. The maximum atomic E-state index is 12.4. The van der Waals surface area contributed by atoms with Gasteiger partial charge in [0, 0.05) is 47.3 Å². The van der Waals surface area contributed by atoms with Gasteiger partial charge in [-0.05, 0) is 11.4 Å². The number of hydrogen-bond acceptors (Lipinski definition) is 6. The van der Waals surface area contributed by atoms with Crippen LogP contribution in [-0.2, 0) is 13.6 Å². The minimum Gasteiger partial charge on any atom is -0.331 e. The zero-order valence-electron chi connectivity index (χ0n) is 15.0. The lowest BCUT2D eigenvalue weighted by molar-refractivity contribution is 0.118. The molecule has 0 unspecified atom stereocenters. The Labute approximate surface area is 154 Å². The number of piperazine rings is 1. The first-order valence-electron chi connectivity index (χ1n) is 8.46. The van der Waals surface area contributed by atoms with Crippen molar-refractivity contribution in [3.63, 3.8) is 0 Å². The van der Waals surface area contributed by atoms with E-state index in [2.05, 4.69) is 15.1 Å². The van der Waals surface area contributed by atoms with Gasteiger partial charge in [-0.2, -0.15) is 0 Å². The first-order valence-corrected chi connectivity index (χ1v) is 9.34. The maximum Gasteiger partial charge on any atom is 0.319 e. The third kappa shape index (κ3) is 2.65. The Kier molecular flexibility index (Phi) is 4.16. The largest absolute Gasteiger partial charge is 0.331 e. The predicted molar refractivity (Wildman–Crippen MR) is 99.5 cm³/mol. The molecule has 4 rings (SSSR count). The van der Waals surface area contributed by atoms with Crippen LogP contribution in [0.3, 0.4) is 0 Å². The maximum absolute atomic E-state index is 12.4. The van der Waals surface area contributed by atoms with E-state index in [1.54, 1.807) is 30.6 Å². The van der Waals surface area contributed by atoms with E-state index in [4.69, 9.17) is 0 Å². The molecule has 9 nitrogen and oxygen atoms in total. The minimum absolute atomic E-state index is 0.0442. The van der Waals surface area contributed by atoms with Crippen molar-refractivity contribution in [2.45, 2.75) is 6.54 Å². The van der Waals surface area contributed by atoms with Crippen molar-refractivity contribution in [2.24, 2.45) is 7.05 Å². The Balaban J connectivity index is 1.60. The Morgan fingerprint density at radius 3 is 2.65 bits per heavy atom. The highest BCUT2D eigenvalue weighted by molar-refractivity contribution is 7.17. The molecule has 0 spiro atoms. The summed E-state index contributed by atoms with van der Waals surface area (Å²) in [5.41, 5.74) is 0.812. The predicted octanol–water partition coefficient (Wildman–Crippen LogP) is 0.442. The van der Waals surface area contributed by atoms with Gasteiger partial charge in [-0.1, -0.05) is 0 Å². The van der Waals surface area contributed by atoms with E-state index in [0.717, 1.165) is 24.4 Å². The molecule has 10 heteroatoms. The summed E-state index contributed by atoms with van der Waals surface area (Å²) in [4.78, 5) is 30.2. The topological polar surface area (TPSA) is 79.0 Å². The molecule has 0 aliphatic carbocycles. The molecule has 0 aromatic carbocycles. The molecule has 0 N–H and O–H groups in total. The SMILES string of the molecule is CN(C)C(=O)N1CCN(Cc2nnc3n(C)c(=O)c4sccc4n23)CC1. The van der Waals surface area contributed by atoms with E-state index in [1.165, 1.54) is 11.3 Å². The van der Waals surface area contributed by atoms with Crippen LogP contribution in [0.2, 0.25) is 0 Å². The summed E-state index contributed by atoms with van der Waals surface area (Å²) in [5, 5.41) is 10.5. The van der Waals surface area contributed by atoms with Gasteiger partial charge < -0.3 is 9.80 Å². The highest BCUT2D eigenvalue weighted by Crippen LogP contribution is 2.20. The number of hydrogen-bond donors (Lipinski definition) is 0. The molecular weight excluding hydrogens is 354 g/mol. The number of rotatable bonds is 2. The number of aryl methyl sites for hydroxylation is 1. The fourth-order valence-electron chi connectivity index (χ4n) is 3.34. The van der Waals surface area contributed by atoms with Crippen LogP contribution in [0.4, 0.5) is 4.79 Å². The second-order valence-electron chi connectivity index (χ2n) is 6.69. The van der Waals surface area contributed by atoms with Crippen LogP contribution in [0.25, 0.3) is 16.0 Å². The van der Waals surface area contributed by atoms with Gasteiger partial charge >= 0.3 is 6.03 Å². The van der Waals surface area contributed by atoms with E-state index in [0.29, 0.717) is 30.1 Å². The zero-order chi connectivity index (χ0) is 18.4. The highest BCUT2D eigenvalue weighted by atomic mass is 32.1. The molecule has 2 amide bonds. The molecule has 0 atom stereocenters. The molecule has 1 aliphatic heterocycles. The number of amides is 2. The molecule has 1 aliphatic rings. The zero-order valence-corrected chi connectivity index (χ0v) is 15.9. The van der Waals surface area contributed by atoms with Gasteiger partial charge in [0.2, 0.25) is 5.78 Å². The number of carbonyl (C=O) groups is 1. The van der Waals surface area contributed by atoms with Crippen molar-refractivity contribution in [3.8, 4) is 0 Å². The van der Waals surface area contributed by atoms with Crippen molar-refractivity contribution < 1.29 is 4.79 Å². The Morgan fingerprint density at radius 1 is 1.23 bits per heavy atom. The van der Waals surface area contributed by atoms with Crippen LogP contribution in [0, 0.1) is 0 Å². The highest BCUT2D eigenvalue weighted by Gasteiger charge is 2.24. The van der Waals surface area contributed by atoms with Crippen LogP contribution in [0.5, 0.6) is 0 Å². The number of fused-ring (bicyclic) bond motifs is 3. The fraction of sp³-hybridized carbons (Fsp3) is 0.500. The molecule has 0 bridgehead atoms. The van der Waals surface area contributed by atoms with Gasteiger partial charge in [-0.3, -0.25) is 18.7 Å². The monoisotopic (exact) mass is 375 g/mol. The van der Waals surface area contributed by atoms with Crippen LogP contribution < -0.4 is 5.56 Å². The van der Waals surface area contributed by atoms with Gasteiger partial charge in [-0.25, -0.2) is 4.79 Å². The quantitative estimate of drug-likeness (QED) is 0.650. The van der Waals surface area contributed by atoms with Crippen molar-refractivity contribution in [2.75, 3.05) is 40.3 Å². The number of aromatic nitrogens is 4. The van der Waals surface area contributed by atoms with Gasteiger partial charge in [0.1, 0.15) is 4.70 Å². The second kappa shape index (κ2) is 6.36. The summed E-state index contributed by atoms with van der Waals surface area (Å²) in [6, 6.07) is 1.99. The molecule has 3 aromatic rings. The molecule has 3 aromatic heterocycles. The number of carbonyl (C=O) groups excluding carboxylic acids is 1. The average molecular weight is 375 g/mol. The summed E-state index contributed by atoms with van der Waals surface area (Å²) in [6.07, 6.45) is 0. The second-order valence-corrected chi connectivity index (χ2v) is 7.61. The molecule has 26 heavy (non-hydrogen) atoms. The van der Waals surface area contributed by atoms with Gasteiger partial charge in [0.25, 0.3) is 5.56 Å². The van der Waals surface area contributed by atoms with Gasteiger partial charge in [0.05, 0.1) is 12.1 Å². The first kappa shape index (κ1) is 17.0. The van der Waals surface area contributed by atoms with Crippen molar-refractivity contribution in [1.29, 1.82) is 0 Å². The molecule has 1 fully saturated rings. The Morgan fingerprint density at radius 2 is 1.96 bits per heavy atom. The van der Waals surface area contributed by atoms with Gasteiger partial charge in [-0.15, -0.1) is 21.5 Å². The number of thiophene rings is 1. The normalized spacial score (nSPS) is 15.9. The lowest BCUT2D eigenvalue weighted by atomic mass is 10.3. The van der Waals surface area contributed by atoms with E-state index in [-0.39, 0.29) is 11.6 Å². The lowest BCUT2D eigenvalue weighted by Crippen LogP contribution is -2.51. The Hall–Kier alpha value is -2.46. The van der Waals surface area contributed by atoms with Crippen LogP contribution in [0.1, 0.15) is 5.82 Å². The summed E-state index contributed by atoms with van der Waals surface area (Å²) >= 11 is 1.44. The molecule has 0 saturated carbocycles. The van der Waals surface area contributed by atoms with Crippen molar-refractivity contribution in [3.05, 3.63) is 27.6 Å². The molecular formula is C16H21N7O2S. The molecule has 138 valence electrons. The van der Waals surface area contributed by atoms with Crippen LogP contribution >= 0.6 is 11.3 Å². The van der Waals surface area contributed by atoms with E-state index >= 15 is 0 Å². The van der Waals surface area contributed by atoms with Gasteiger partial charge in [0.15, 0.2) is 5.82 Å². The summed E-state index contributed by atoms with van der Waals surface area (Å²) < 4.78 is 4.22. The third-order valence-corrected chi connectivity index (χ3v) is 5.68. The van der Waals surface area contributed by atoms with Crippen LogP contribution in [0.15, 0.2) is 16.2 Å². The van der Waals surface area contributed by atoms with Crippen molar-refractivity contribution in [1.82, 2.24) is 33.9 Å². The fourth-order valence-corrected chi connectivity index (χ4v) is 4.19. The van der Waals surface area contributed by atoms with Crippen LogP contribution in [-0.4, -0.2) is 80.2 Å². The van der Waals surface area contributed by atoms with E-state index in [1.807, 2.05) is 20.7 Å².